The fraction of sp³-hybridized carbons (Fsp3) is 0.250. The highest BCUT2D eigenvalue weighted by Gasteiger charge is 2.40. The molecular weight excluding hydrogens is 228 g/mol. The Morgan fingerprint density at radius 3 is 2.94 bits per heavy atom. The largest absolute Gasteiger partial charge is 0.297 e. The van der Waals surface area contributed by atoms with Crippen LogP contribution in [0.25, 0.3) is 0 Å². The lowest BCUT2D eigenvalue weighted by Gasteiger charge is -2.38. The van der Waals surface area contributed by atoms with Crippen LogP contribution in [0, 0.1) is 5.41 Å². The van der Waals surface area contributed by atoms with E-state index < -0.39 is 5.79 Å². The third kappa shape index (κ3) is 1.67. The molecule has 1 aromatic rings. The van der Waals surface area contributed by atoms with Gasteiger partial charge < -0.3 is 0 Å². The molecule has 1 unspecified atom stereocenters. The van der Waals surface area contributed by atoms with Gasteiger partial charge in [0.05, 0.1) is 6.21 Å². The topological polar surface area (TPSA) is 89.9 Å². The van der Waals surface area contributed by atoms with Crippen molar-refractivity contribution in [1.82, 2.24) is 10.3 Å². The van der Waals surface area contributed by atoms with Crippen molar-refractivity contribution >= 4 is 17.8 Å². The van der Waals surface area contributed by atoms with E-state index in [-0.39, 0.29) is 5.71 Å². The van der Waals surface area contributed by atoms with Crippen molar-refractivity contribution in [2.24, 2.45) is 15.8 Å². The number of nitrogens with zero attached hydrogens (tertiary/aromatic N) is 3. The zero-order valence-electron chi connectivity index (χ0n) is 9.80. The first-order chi connectivity index (χ1) is 8.69. The minimum absolute atomic E-state index is 0.286. The highest BCUT2D eigenvalue weighted by atomic mass is 15.6. The molecule has 0 fully saturated rings. The Hall–Kier alpha value is -2.21. The Kier molecular flexibility index (Phi) is 2.38. The lowest BCUT2D eigenvalue weighted by atomic mass is 10.0. The smallest absolute Gasteiger partial charge is 0.191 e. The predicted molar refractivity (Wildman–Crippen MR) is 70.6 cm³/mol. The molecule has 4 N–H and O–H groups in total. The minimum Gasteiger partial charge on any atom is -0.297 e. The lowest BCUT2D eigenvalue weighted by Crippen LogP contribution is -2.61. The van der Waals surface area contributed by atoms with E-state index in [1.807, 2.05) is 35.2 Å². The van der Waals surface area contributed by atoms with Crippen molar-refractivity contribution < 1.29 is 0 Å². The summed E-state index contributed by atoms with van der Waals surface area (Å²) in [5.74, 6) is -0.308. The van der Waals surface area contributed by atoms with Crippen LogP contribution in [0.4, 0.5) is 0 Å². The van der Waals surface area contributed by atoms with E-state index in [9.17, 15) is 0 Å². The molecule has 2 heterocycles. The summed E-state index contributed by atoms with van der Waals surface area (Å²) in [6, 6.07) is 9.96. The zero-order valence-corrected chi connectivity index (χ0v) is 9.80. The molecule has 3 rings (SSSR count). The molecule has 1 atom stereocenters. The molecule has 6 heteroatoms. The highest BCUT2D eigenvalue weighted by molar-refractivity contribution is 6.61. The maximum Gasteiger partial charge on any atom is 0.191 e. The van der Waals surface area contributed by atoms with Gasteiger partial charge in [0.15, 0.2) is 11.6 Å². The Morgan fingerprint density at radius 1 is 1.39 bits per heavy atom. The molecule has 0 bridgehead atoms. The van der Waals surface area contributed by atoms with E-state index >= 15 is 0 Å². The van der Waals surface area contributed by atoms with Gasteiger partial charge >= 0.3 is 0 Å². The van der Waals surface area contributed by atoms with E-state index in [0.717, 1.165) is 5.56 Å². The first kappa shape index (κ1) is 10.9. The van der Waals surface area contributed by atoms with Gasteiger partial charge in [-0.25, -0.2) is 4.99 Å². The first-order valence-electron chi connectivity index (χ1n) is 5.74. The van der Waals surface area contributed by atoms with Crippen LogP contribution in [0.3, 0.4) is 0 Å². The number of nitrogens with two attached hydrogens (primary N) is 1. The number of rotatable bonds is 2. The van der Waals surface area contributed by atoms with Crippen molar-refractivity contribution in [2.45, 2.75) is 12.2 Å². The molecule has 6 nitrogen and oxygen atoms in total. The summed E-state index contributed by atoms with van der Waals surface area (Å²) in [5.41, 5.74) is 10.6. The molecule has 92 valence electrons. The number of amidine groups is 1. The van der Waals surface area contributed by atoms with Crippen LogP contribution < -0.4 is 11.2 Å². The fourth-order valence-electron chi connectivity index (χ4n) is 2.18. The van der Waals surface area contributed by atoms with Crippen molar-refractivity contribution in [3.8, 4) is 0 Å². The van der Waals surface area contributed by atoms with Crippen molar-refractivity contribution in [2.75, 3.05) is 6.67 Å². The Bertz CT molecular complexity index is 535. The second-order valence-electron chi connectivity index (χ2n) is 4.39. The number of benzene rings is 1. The van der Waals surface area contributed by atoms with Crippen LogP contribution in [-0.4, -0.2) is 35.1 Å². The SMILES string of the molecule is N=C1C=NC(N)(Cc2ccccc2)N2CNN=C12. The summed E-state index contributed by atoms with van der Waals surface area (Å²) in [5, 5.41) is 11.8. The van der Waals surface area contributed by atoms with Gasteiger partial charge in [0.1, 0.15) is 12.4 Å². The van der Waals surface area contributed by atoms with E-state index in [1.165, 1.54) is 6.21 Å². The molecule has 2 aliphatic heterocycles. The van der Waals surface area contributed by atoms with E-state index in [1.54, 1.807) is 0 Å². The lowest BCUT2D eigenvalue weighted by molar-refractivity contribution is 0.193. The summed E-state index contributed by atoms with van der Waals surface area (Å²) >= 11 is 0. The summed E-state index contributed by atoms with van der Waals surface area (Å²) < 4.78 is 0. The van der Waals surface area contributed by atoms with Crippen LogP contribution in [0.5, 0.6) is 0 Å². The summed E-state index contributed by atoms with van der Waals surface area (Å²) in [7, 11) is 0. The molecule has 2 aliphatic rings. The molecular formula is C12H14N6. The number of fused-ring (bicyclic) bond motifs is 1. The second-order valence-corrected chi connectivity index (χ2v) is 4.39. The van der Waals surface area contributed by atoms with Gasteiger partial charge in [0, 0.05) is 6.42 Å². The van der Waals surface area contributed by atoms with Gasteiger partial charge in [0.25, 0.3) is 0 Å². The number of aliphatic imine (C=N–C) groups is 1. The van der Waals surface area contributed by atoms with Gasteiger partial charge in [-0.3, -0.25) is 21.5 Å². The first-order valence-corrected chi connectivity index (χ1v) is 5.74. The molecule has 0 saturated heterocycles. The average Bonchev–Trinajstić information content (AvgIpc) is 2.87. The van der Waals surface area contributed by atoms with Gasteiger partial charge in [-0.2, -0.15) is 5.10 Å². The van der Waals surface area contributed by atoms with Crippen LogP contribution in [0.15, 0.2) is 40.4 Å². The number of hydrogen-bond acceptors (Lipinski definition) is 6. The number of hydrogen-bond donors (Lipinski definition) is 3. The third-order valence-corrected chi connectivity index (χ3v) is 3.10. The van der Waals surface area contributed by atoms with Crippen LogP contribution in [-0.2, 0) is 6.42 Å². The maximum atomic E-state index is 7.76. The van der Waals surface area contributed by atoms with Gasteiger partial charge in [-0.05, 0) is 5.56 Å². The average molecular weight is 242 g/mol. The summed E-state index contributed by atoms with van der Waals surface area (Å²) in [4.78, 5) is 6.14. The zero-order chi connectivity index (χ0) is 12.6. The van der Waals surface area contributed by atoms with Crippen LogP contribution >= 0.6 is 0 Å². The Balaban J connectivity index is 1.93. The van der Waals surface area contributed by atoms with E-state index in [4.69, 9.17) is 11.1 Å². The molecule has 0 aromatic heterocycles. The van der Waals surface area contributed by atoms with Gasteiger partial charge in [0.2, 0.25) is 0 Å². The maximum absolute atomic E-state index is 7.76. The molecule has 0 radical (unpaired) electrons. The number of nitrogens with one attached hydrogen (secondary N) is 2. The molecule has 0 spiro atoms. The van der Waals surface area contributed by atoms with Crippen molar-refractivity contribution in [1.29, 1.82) is 5.41 Å². The normalized spacial score (nSPS) is 25.7. The minimum atomic E-state index is -0.867. The quantitative estimate of drug-likeness (QED) is 0.688. The standard InChI is InChI=1S/C12H14N6/c13-10-7-15-12(14,18-8-16-17-11(10)18)6-9-4-2-1-3-5-9/h1-5,7,13,16H,6,8,14H2. The van der Waals surface area contributed by atoms with Crippen LogP contribution in [0.2, 0.25) is 0 Å². The molecule has 0 aliphatic carbocycles. The molecule has 1 aromatic carbocycles. The molecule has 18 heavy (non-hydrogen) atoms. The monoisotopic (exact) mass is 242 g/mol. The summed E-state index contributed by atoms with van der Waals surface area (Å²) in [6.45, 7) is 0.485. The predicted octanol–water partition coefficient (Wildman–Crippen LogP) is 0.122. The van der Waals surface area contributed by atoms with Gasteiger partial charge in [-0.15, -0.1) is 0 Å². The van der Waals surface area contributed by atoms with E-state index in [0.29, 0.717) is 18.9 Å². The van der Waals surface area contributed by atoms with Crippen molar-refractivity contribution in [3.63, 3.8) is 0 Å². The third-order valence-electron chi connectivity index (χ3n) is 3.10. The number of hydrazone groups is 1. The van der Waals surface area contributed by atoms with Crippen molar-refractivity contribution in [3.05, 3.63) is 35.9 Å². The summed E-state index contributed by atoms with van der Waals surface area (Å²) in [6.07, 6.45) is 2.06. The molecule has 0 amide bonds. The highest BCUT2D eigenvalue weighted by Crippen LogP contribution is 2.22. The molecule has 0 saturated carbocycles. The Morgan fingerprint density at radius 2 is 2.17 bits per heavy atom. The Labute approximate surface area is 105 Å². The second kappa shape index (κ2) is 3.92. The fourth-order valence-corrected chi connectivity index (χ4v) is 2.18. The van der Waals surface area contributed by atoms with Crippen LogP contribution in [0.1, 0.15) is 5.56 Å². The van der Waals surface area contributed by atoms with Gasteiger partial charge in [-0.1, -0.05) is 30.3 Å². The van der Waals surface area contributed by atoms with E-state index in [2.05, 4.69) is 15.5 Å².